The van der Waals surface area contributed by atoms with Gasteiger partial charge in [-0.05, 0) is 35.4 Å². The molecule has 0 heterocycles. The summed E-state index contributed by atoms with van der Waals surface area (Å²) in [7, 11) is 0. The molecular formula is C20H16FNO2. The first-order valence-electron chi connectivity index (χ1n) is 7.55. The Kier molecular flexibility index (Phi) is 4.87. The van der Waals surface area contributed by atoms with Crippen LogP contribution in [0.25, 0.3) is 11.1 Å². The summed E-state index contributed by atoms with van der Waals surface area (Å²) in [6.07, 6.45) is 0. The number of hydrogen-bond acceptors (Lipinski definition) is 2. The molecule has 0 atom stereocenters. The van der Waals surface area contributed by atoms with Gasteiger partial charge in [-0.3, -0.25) is 4.79 Å². The Morgan fingerprint density at radius 2 is 1.46 bits per heavy atom. The van der Waals surface area contributed by atoms with E-state index in [2.05, 4.69) is 5.32 Å². The van der Waals surface area contributed by atoms with Crippen LogP contribution in [0.5, 0.6) is 5.75 Å². The number of carbonyl (C=O) groups excluding carboxylic acids is 1. The second-order valence-corrected chi connectivity index (χ2v) is 5.21. The number of amides is 1. The fourth-order valence-electron chi connectivity index (χ4n) is 2.28. The highest BCUT2D eigenvalue weighted by Crippen LogP contribution is 2.21. The standard InChI is InChI=1S/C20H16FNO2/c21-18-8-4-5-9-19(18)24-14-20(23)22-17-12-10-16(11-13-17)15-6-2-1-3-7-15/h1-13H,14H2,(H,22,23). The zero-order valence-electron chi connectivity index (χ0n) is 12.9. The van der Waals surface area contributed by atoms with Crippen LogP contribution in [-0.4, -0.2) is 12.5 Å². The molecular weight excluding hydrogens is 305 g/mol. The van der Waals surface area contributed by atoms with E-state index in [0.29, 0.717) is 5.69 Å². The predicted octanol–water partition coefficient (Wildman–Crippen LogP) is 4.51. The van der Waals surface area contributed by atoms with Crippen molar-refractivity contribution in [1.29, 1.82) is 0 Å². The van der Waals surface area contributed by atoms with E-state index in [-0.39, 0.29) is 18.3 Å². The fraction of sp³-hybridized carbons (Fsp3) is 0.0500. The summed E-state index contributed by atoms with van der Waals surface area (Å²) in [4.78, 5) is 11.9. The van der Waals surface area contributed by atoms with Crippen LogP contribution in [0.4, 0.5) is 10.1 Å². The first-order valence-corrected chi connectivity index (χ1v) is 7.55. The molecule has 120 valence electrons. The summed E-state index contributed by atoms with van der Waals surface area (Å²) in [5, 5.41) is 2.72. The highest BCUT2D eigenvalue weighted by Gasteiger charge is 2.07. The number of halogens is 1. The van der Waals surface area contributed by atoms with Crippen molar-refractivity contribution in [1.82, 2.24) is 0 Å². The molecule has 1 N–H and O–H groups in total. The van der Waals surface area contributed by atoms with E-state index >= 15 is 0 Å². The zero-order valence-corrected chi connectivity index (χ0v) is 12.9. The summed E-state index contributed by atoms with van der Waals surface area (Å²) in [6, 6.07) is 23.5. The molecule has 0 unspecified atom stereocenters. The maximum Gasteiger partial charge on any atom is 0.262 e. The monoisotopic (exact) mass is 321 g/mol. The Morgan fingerprint density at radius 3 is 2.17 bits per heavy atom. The minimum atomic E-state index is -0.488. The number of ether oxygens (including phenoxy) is 1. The van der Waals surface area contributed by atoms with Crippen molar-refractivity contribution >= 4 is 11.6 Å². The molecule has 0 bridgehead atoms. The van der Waals surface area contributed by atoms with Crippen LogP contribution in [0.15, 0.2) is 78.9 Å². The van der Waals surface area contributed by atoms with Crippen LogP contribution in [0.1, 0.15) is 0 Å². The number of benzene rings is 3. The summed E-state index contributed by atoms with van der Waals surface area (Å²) < 4.78 is 18.6. The van der Waals surface area contributed by atoms with Gasteiger partial charge in [0.15, 0.2) is 18.2 Å². The fourth-order valence-corrected chi connectivity index (χ4v) is 2.28. The molecule has 4 heteroatoms. The van der Waals surface area contributed by atoms with Crippen molar-refractivity contribution in [3.63, 3.8) is 0 Å². The first kappa shape index (κ1) is 15.7. The van der Waals surface area contributed by atoms with Gasteiger partial charge in [0.05, 0.1) is 0 Å². The molecule has 0 fully saturated rings. The number of rotatable bonds is 5. The van der Waals surface area contributed by atoms with Gasteiger partial charge < -0.3 is 10.1 Å². The third kappa shape index (κ3) is 3.98. The zero-order chi connectivity index (χ0) is 16.8. The smallest absolute Gasteiger partial charge is 0.262 e. The normalized spacial score (nSPS) is 10.2. The predicted molar refractivity (Wildman–Crippen MR) is 92.4 cm³/mol. The van der Waals surface area contributed by atoms with Gasteiger partial charge in [-0.25, -0.2) is 4.39 Å². The molecule has 0 aliphatic heterocycles. The third-order valence-corrected chi connectivity index (χ3v) is 3.47. The number of nitrogens with one attached hydrogen (secondary N) is 1. The molecule has 3 nitrogen and oxygen atoms in total. The maximum absolute atomic E-state index is 13.4. The Bertz CT molecular complexity index is 817. The lowest BCUT2D eigenvalue weighted by Gasteiger charge is -2.09. The van der Waals surface area contributed by atoms with Gasteiger partial charge in [0.1, 0.15) is 0 Å². The van der Waals surface area contributed by atoms with Crippen LogP contribution >= 0.6 is 0 Å². The topological polar surface area (TPSA) is 38.3 Å². The van der Waals surface area contributed by atoms with Crippen molar-refractivity contribution < 1.29 is 13.9 Å². The van der Waals surface area contributed by atoms with E-state index < -0.39 is 5.82 Å². The van der Waals surface area contributed by atoms with Gasteiger partial charge in [-0.15, -0.1) is 0 Å². The van der Waals surface area contributed by atoms with Crippen LogP contribution in [0.2, 0.25) is 0 Å². The van der Waals surface area contributed by atoms with Crippen molar-refractivity contribution in [2.24, 2.45) is 0 Å². The number of para-hydroxylation sites is 1. The summed E-state index contributed by atoms with van der Waals surface area (Å²) >= 11 is 0. The minimum Gasteiger partial charge on any atom is -0.481 e. The number of carbonyl (C=O) groups is 1. The van der Waals surface area contributed by atoms with E-state index in [0.717, 1.165) is 11.1 Å². The lowest BCUT2D eigenvalue weighted by atomic mass is 10.1. The summed E-state index contributed by atoms with van der Waals surface area (Å²) in [5.41, 5.74) is 2.84. The van der Waals surface area contributed by atoms with Gasteiger partial charge >= 0.3 is 0 Å². The van der Waals surface area contributed by atoms with Gasteiger partial charge in [0.25, 0.3) is 5.91 Å². The Balaban J connectivity index is 1.58. The molecule has 3 rings (SSSR count). The quantitative estimate of drug-likeness (QED) is 0.751. The summed E-state index contributed by atoms with van der Waals surface area (Å²) in [6.45, 7) is -0.249. The second kappa shape index (κ2) is 7.42. The Hall–Kier alpha value is -3.14. The van der Waals surface area contributed by atoms with Crippen LogP contribution in [0.3, 0.4) is 0 Å². The van der Waals surface area contributed by atoms with E-state index in [1.807, 2.05) is 54.6 Å². The van der Waals surface area contributed by atoms with Crippen LogP contribution in [-0.2, 0) is 4.79 Å². The molecule has 0 aromatic heterocycles. The van der Waals surface area contributed by atoms with Crippen LogP contribution in [0, 0.1) is 5.82 Å². The molecule has 0 aliphatic rings. The molecule has 0 aliphatic carbocycles. The highest BCUT2D eigenvalue weighted by molar-refractivity contribution is 5.92. The van der Waals surface area contributed by atoms with Crippen LogP contribution < -0.4 is 10.1 Å². The Morgan fingerprint density at radius 1 is 0.833 bits per heavy atom. The van der Waals surface area contributed by atoms with Gasteiger partial charge in [-0.1, -0.05) is 54.6 Å². The molecule has 24 heavy (non-hydrogen) atoms. The lowest BCUT2D eigenvalue weighted by Crippen LogP contribution is -2.20. The molecule has 0 radical (unpaired) electrons. The molecule has 0 spiro atoms. The minimum absolute atomic E-state index is 0.0621. The SMILES string of the molecule is O=C(COc1ccccc1F)Nc1ccc(-c2ccccc2)cc1. The molecule has 1 amide bonds. The van der Waals surface area contributed by atoms with E-state index in [9.17, 15) is 9.18 Å². The average molecular weight is 321 g/mol. The number of hydrogen-bond donors (Lipinski definition) is 1. The van der Waals surface area contributed by atoms with E-state index in [1.54, 1.807) is 12.1 Å². The molecule has 3 aromatic rings. The second-order valence-electron chi connectivity index (χ2n) is 5.21. The number of anilines is 1. The third-order valence-electron chi connectivity index (χ3n) is 3.47. The largest absolute Gasteiger partial charge is 0.481 e. The molecule has 0 saturated heterocycles. The van der Waals surface area contributed by atoms with Crippen molar-refractivity contribution in [2.75, 3.05) is 11.9 Å². The van der Waals surface area contributed by atoms with E-state index in [1.165, 1.54) is 12.1 Å². The molecule has 3 aromatic carbocycles. The van der Waals surface area contributed by atoms with Gasteiger partial charge in [0.2, 0.25) is 0 Å². The molecule has 0 saturated carbocycles. The van der Waals surface area contributed by atoms with Gasteiger partial charge in [-0.2, -0.15) is 0 Å². The summed E-state index contributed by atoms with van der Waals surface area (Å²) in [5.74, 6) is -0.768. The Labute approximate surface area is 139 Å². The van der Waals surface area contributed by atoms with Crippen molar-refractivity contribution in [2.45, 2.75) is 0 Å². The first-order chi connectivity index (χ1) is 11.7. The van der Waals surface area contributed by atoms with Crippen molar-refractivity contribution in [3.8, 4) is 16.9 Å². The average Bonchev–Trinajstić information content (AvgIpc) is 2.62. The van der Waals surface area contributed by atoms with E-state index in [4.69, 9.17) is 4.74 Å². The van der Waals surface area contributed by atoms with Crippen molar-refractivity contribution in [3.05, 3.63) is 84.7 Å². The van der Waals surface area contributed by atoms with Gasteiger partial charge in [0, 0.05) is 5.69 Å². The lowest BCUT2D eigenvalue weighted by molar-refractivity contribution is -0.118. The maximum atomic E-state index is 13.4. The highest BCUT2D eigenvalue weighted by atomic mass is 19.1.